The van der Waals surface area contributed by atoms with Gasteiger partial charge >= 0.3 is 11.9 Å². The van der Waals surface area contributed by atoms with Crippen LogP contribution in [0.5, 0.6) is 0 Å². The highest BCUT2D eigenvalue weighted by molar-refractivity contribution is 6.16. The molecule has 3 N–H and O–H groups in total. The van der Waals surface area contributed by atoms with Gasteiger partial charge in [0.2, 0.25) is 0 Å². The van der Waals surface area contributed by atoms with Crippen LogP contribution in [0.2, 0.25) is 0 Å². The molecule has 0 aliphatic heterocycles. The maximum Gasteiger partial charge on any atom is 0.343 e. The minimum absolute atomic E-state index is 0.0684. The molecule has 1 rings (SSSR count). The van der Waals surface area contributed by atoms with Gasteiger partial charge in [-0.05, 0) is 12.1 Å². The number of hydrogen-bond donors (Lipinski definition) is 3. The average Bonchev–Trinajstić information content (AvgIpc) is 2.60. The average molecular weight is 212 g/mol. The fourth-order valence-corrected chi connectivity index (χ4v) is 0.914. The second-order valence-electron chi connectivity index (χ2n) is 2.63. The Kier molecular flexibility index (Phi) is 3.25. The summed E-state index contributed by atoms with van der Waals surface area (Å²) in [5.41, 5.74) is -0.797. The van der Waals surface area contributed by atoms with Crippen LogP contribution >= 0.6 is 0 Å². The molecule has 0 aliphatic rings. The predicted octanol–water partition coefficient (Wildman–Crippen LogP) is 0.325. The van der Waals surface area contributed by atoms with Crippen LogP contribution in [0, 0.1) is 0 Å². The highest BCUT2D eigenvalue weighted by Gasteiger charge is 2.16. The van der Waals surface area contributed by atoms with Crippen molar-refractivity contribution < 1.29 is 29.3 Å². The van der Waals surface area contributed by atoms with E-state index in [2.05, 4.69) is 0 Å². The highest BCUT2D eigenvalue weighted by atomic mass is 16.4. The van der Waals surface area contributed by atoms with Crippen molar-refractivity contribution in [2.24, 2.45) is 0 Å². The molecule has 15 heavy (non-hydrogen) atoms. The Morgan fingerprint density at radius 1 is 1.27 bits per heavy atom. The minimum Gasteiger partial charge on any atom is -0.477 e. The van der Waals surface area contributed by atoms with Gasteiger partial charge in [0.25, 0.3) is 0 Å². The fraction of sp³-hybridized carbons (Fsp3) is 0.111. The number of carbonyl (C=O) groups is 2. The van der Waals surface area contributed by atoms with Gasteiger partial charge in [0.05, 0.1) is 0 Å². The summed E-state index contributed by atoms with van der Waals surface area (Å²) in [6.07, 6.45) is 0.879. The van der Waals surface area contributed by atoms with E-state index in [9.17, 15) is 9.59 Å². The monoisotopic (exact) mass is 212 g/mol. The van der Waals surface area contributed by atoms with Crippen molar-refractivity contribution in [3.63, 3.8) is 0 Å². The van der Waals surface area contributed by atoms with Gasteiger partial charge in [-0.1, -0.05) is 0 Å². The zero-order valence-corrected chi connectivity index (χ0v) is 7.51. The molecule has 0 radical (unpaired) electrons. The summed E-state index contributed by atoms with van der Waals surface area (Å²) in [5.74, 6) is -2.80. The van der Waals surface area contributed by atoms with E-state index in [-0.39, 0.29) is 18.1 Å². The van der Waals surface area contributed by atoms with E-state index < -0.39 is 17.5 Å². The zero-order chi connectivity index (χ0) is 11.4. The van der Waals surface area contributed by atoms with E-state index in [1.54, 1.807) is 0 Å². The van der Waals surface area contributed by atoms with Crippen molar-refractivity contribution in [1.82, 2.24) is 0 Å². The van der Waals surface area contributed by atoms with Crippen LogP contribution < -0.4 is 0 Å². The predicted molar refractivity (Wildman–Crippen MR) is 47.9 cm³/mol. The van der Waals surface area contributed by atoms with Gasteiger partial charge in [0.1, 0.15) is 23.7 Å². The third-order valence-corrected chi connectivity index (χ3v) is 1.59. The van der Waals surface area contributed by atoms with Crippen molar-refractivity contribution in [3.8, 4) is 0 Å². The largest absolute Gasteiger partial charge is 0.477 e. The number of hydrogen-bond acceptors (Lipinski definition) is 4. The number of aliphatic hydroxyl groups is 1. The van der Waals surface area contributed by atoms with Crippen molar-refractivity contribution >= 4 is 18.0 Å². The summed E-state index contributed by atoms with van der Waals surface area (Å²) in [6.45, 7) is -0.330. The van der Waals surface area contributed by atoms with Crippen LogP contribution in [0.15, 0.2) is 22.1 Å². The Morgan fingerprint density at radius 3 is 2.27 bits per heavy atom. The van der Waals surface area contributed by atoms with E-state index in [0.29, 0.717) is 0 Å². The van der Waals surface area contributed by atoms with Gasteiger partial charge in [-0.3, -0.25) is 0 Å². The lowest BCUT2D eigenvalue weighted by atomic mass is 10.2. The zero-order valence-electron chi connectivity index (χ0n) is 7.51. The Hall–Kier alpha value is -2.08. The third kappa shape index (κ3) is 2.68. The van der Waals surface area contributed by atoms with Crippen LogP contribution in [0.3, 0.4) is 0 Å². The molecule has 0 unspecified atom stereocenters. The van der Waals surface area contributed by atoms with Crippen molar-refractivity contribution in [3.05, 3.63) is 29.2 Å². The first kappa shape index (κ1) is 11.0. The molecule has 0 aromatic carbocycles. The van der Waals surface area contributed by atoms with Gasteiger partial charge in [-0.15, -0.1) is 0 Å². The quantitative estimate of drug-likeness (QED) is 0.377. The summed E-state index contributed by atoms with van der Waals surface area (Å²) in [6, 6.07) is 2.80. The van der Waals surface area contributed by atoms with Crippen molar-refractivity contribution in [1.29, 1.82) is 0 Å². The highest BCUT2D eigenvalue weighted by Crippen LogP contribution is 2.12. The van der Waals surface area contributed by atoms with Crippen LogP contribution in [-0.2, 0) is 16.2 Å². The molecule has 0 aliphatic carbocycles. The van der Waals surface area contributed by atoms with E-state index in [1.807, 2.05) is 0 Å². The number of rotatable bonds is 4. The van der Waals surface area contributed by atoms with Gasteiger partial charge < -0.3 is 19.7 Å². The molecule has 0 atom stereocenters. The molecule has 1 aromatic heterocycles. The second-order valence-corrected chi connectivity index (χ2v) is 2.63. The van der Waals surface area contributed by atoms with Crippen LogP contribution in [0.25, 0.3) is 6.08 Å². The lowest BCUT2D eigenvalue weighted by Crippen LogP contribution is -2.10. The fourth-order valence-electron chi connectivity index (χ4n) is 0.914. The second kappa shape index (κ2) is 4.43. The Balaban J connectivity index is 3.02. The summed E-state index contributed by atoms with van der Waals surface area (Å²) < 4.78 is 4.91. The molecule has 0 fully saturated rings. The summed E-state index contributed by atoms with van der Waals surface area (Å²) in [4.78, 5) is 21.0. The van der Waals surface area contributed by atoms with Crippen LogP contribution in [0.1, 0.15) is 11.5 Å². The normalized spacial score (nSPS) is 9.67. The number of carboxylic acids is 2. The van der Waals surface area contributed by atoms with Gasteiger partial charge in [-0.25, -0.2) is 9.59 Å². The number of carboxylic acid groups (broad SMARTS) is 2. The molecular formula is C9H8O6. The first-order chi connectivity index (χ1) is 7.04. The van der Waals surface area contributed by atoms with E-state index in [1.165, 1.54) is 12.1 Å². The number of aliphatic carboxylic acids is 2. The maximum atomic E-state index is 10.5. The lowest BCUT2D eigenvalue weighted by Gasteiger charge is -1.93. The van der Waals surface area contributed by atoms with E-state index in [4.69, 9.17) is 19.7 Å². The molecular weight excluding hydrogens is 204 g/mol. The van der Waals surface area contributed by atoms with Crippen LogP contribution in [0.4, 0.5) is 0 Å². The first-order valence-corrected chi connectivity index (χ1v) is 3.92. The molecule has 1 heterocycles. The standard InChI is InChI=1S/C9H8O6/c10-4-6-2-1-5(15-6)3-7(8(11)12)9(13)14/h1-3,10H,4H2,(H,11,12)(H,13,14). The van der Waals surface area contributed by atoms with Crippen molar-refractivity contribution in [2.75, 3.05) is 0 Å². The van der Waals surface area contributed by atoms with Gasteiger partial charge in [-0.2, -0.15) is 0 Å². The van der Waals surface area contributed by atoms with E-state index in [0.717, 1.165) is 6.08 Å². The lowest BCUT2D eigenvalue weighted by molar-refractivity contribution is -0.140. The Morgan fingerprint density at radius 2 is 1.87 bits per heavy atom. The van der Waals surface area contributed by atoms with Crippen molar-refractivity contribution in [2.45, 2.75) is 6.61 Å². The minimum atomic E-state index is -1.55. The maximum absolute atomic E-state index is 10.5. The molecule has 80 valence electrons. The van der Waals surface area contributed by atoms with E-state index >= 15 is 0 Å². The summed E-state index contributed by atoms with van der Waals surface area (Å²) in [5, 5.41) is 25.7. The third-order valence-electron chi connectivity index (χ3n) is 1.59. The topological polar surface area (TPSA) is 108 Å². The molecule has 1 aromatic rings. The van der Waals surface area contributed by atoms with Gasteiger partial charge in [0, 0.05) is 6.08 Å². The smallest absolute Gasteiger partial charge is 0.343 e. The SMILES string of the molecule is O=C(O)C(=Cc1ccc(CO)o1)C(=O)O. The summed E-state index contributed by atoms with van der Waals surface area (Å²) in [7, 11) is 0. The number of aliphatic hydroxyl groups excluding tert-OH is 1. The molecule has 0 spiro atoms. The first-order valence-electron chi connectivity index (χ1n) is 3.92. The Bertz CT molecular complexity index is 398. The molecule has 6 heteroatoms. The Labute approximate surface area is 84.1 Å². The van der Waals surface area contributed by atoms with Gasteiger partial charge in [0.15, 0.2) is 0 Å². The molecule has 0 amide bonds. The molecule has 0 saturated heterocycles. The molecule has 0 saturated carbocycles. The molecule has 6 nitrogen and oxygen atoms in total. The summed E-state index contributed by atoms with van der Waals surface area (Å²) >= 11 is 0. The number of furan rings is 1. The molecule has 0 bridgehead atoms. The van der Waals surface area contributed by atoms with Crippen LogP contribution in [-0.4, -0.2) is 27.3 Å².